The monoisotopic (exact) mass is 353 g/mol. The molecule has 0 saturated carbocycles. The molecular formula is C17H20ClNO3S. The Hall–Kier alpha value is -1.56. The molecule has 4 nitrogen and oxygen atoms in total. The molecule has 23 heavy (non-hydrogen) atoms. The van der Waals surface area contributed by atoms with Crippen LogP contribution in [0.15, 0.2) is 41.3 Å². The second-order valence-corrected chi connectivity index (χ2v) is 7.96. The minimum absolute atomic E-state index is 0.268. The van der Waals surface area contributed by atoms with Gasteiger partial charge in [-0.15, -0.1) is 0 Å². The van der Waals surface area contributed by atoms with Gasteiger partial charge in [0.25, 0.3) is 0 Å². The molecule has 0 aliphatic carbocycles. The van der Waals surface area contributed by atoms with Gasteiger partial charge in [0, 0.05) is 18.6 Å². The highest BCUT2D eigenvalue weighted by atomic mass is 35.5. The van der Waals surface area contributed by atoms with Crippen LogP contribution < -0.4 is 4.74 Å². The predicted molar refractivity (Wildman–Crippen MR) is 92.6 cm³/mol. The van der Waals surface area contributed by atoms with Gasteiger partial charge >= 0.3 is 0 Å². The molecule has 2 rings (SSSR count). The first-order valence-electron chi connectivity index (χ1n) is 7.11. The Morgan fingerprint density at radius 3 is 2.09 bits per heavy atom. The molecule has 0 N–H and O–H groups in total. The molecule has 0 aliphatic rings. The second kappa shape index (κ2) is 6.91. The lowest BCUT2D eigenvalue weighted by Gasteiger charge is -2.19. The van der Waals surface area contributed by atoms with Crippen LogP contribution in [0.2, 0.25) is 5.02 Å². The molecule has 2 aromatic rings. The molecule has 0 amide bonds. The van der Waals surface area contributed by atoms with Crippen molar-refractivity contribution in [2.24, 2.45) is 0 Å². The van der Waals surface area contributed by atoms with Crippen LogP contribution in [0.3, 0.4) is 0 Å². The third-order valence-corrected chi connectivity index (χ3v) is 5.70. The molecule has 0 bridgehead atoms. The molecule has 0 unspecified atom stereocenters. The van der Waals surface area contributed by atoms with Crippen LogP contribution in [0.5, 0.6) is 5.75 Å². The zero-order chi connectivity index (χ0) is 17.2. The van der Waals surface area contributed by atoms with Crippen molar-refractivity contribution < 1.29 is 13.2 Å². The summed E-state index contributed by atoms with van der Waals surface area (Å²) >= 11 is 5.85. The Morgan fingerprint density at radius 1 is 1.09 bits per heavy atom. The highest BCUT2D eigenvalue weighted by molar-refractivity contribution is 7.89. The standard InChI is InChI=1S/C17H20ClNO3S/c1-12-9-16(10-13(2)17(12)22-4)23(20,21)19(3)11-14-5-7-15(18)8-6-14/h5-10H,11H2,1-4H3. The van der Waals surface area contributed by atoms with Gasteiger partial charge in [0.2, 0.25) is 10.0 Å². The molecule has 6 heteroatoms. The van der Waals surface area contributed by atoms with Crippen molar-refractivity contribution in [2.75, 3.05) is 14.2 Å². The third kappa shape index (κ3) is 3.86. The van der Waals surface area contributed by atoms with Gasteiger partial charge in [-0.2, -0.15) is 4.31 Å². The molecule has 124 valence electrons. The van der Waals surface area contributed by atoms with E-state index in [1.807, 2.05) is 26.0 Å². The first-order valence-corrected chi connectivity index (χ1v) is 8.93. The van der Waals surface area contributed by atoms with E-state index in [9.17, 15) is 8.42 Å². The lowest BCUT2D eigenvalue weighted by molar-refractivity contribution is 0.408. The fourth-order valence-electron chi connectivity index (χ4n) is 2.49. The predicted octanol–water partition coefficient (Wildman–Crippen LogP) is 3.79. The number of hydrogen-bond donors (Lipinski definition) is 0. The molecular weight excluding hydrogens is 334 g/mol. The number of nitrogens with zero attached hydrogens (tertiary/aromatic N) is 1. The Morgan fingerprint density at radius 2 is 1.61 bits per heavy atom. The van der Waals surface area contributed by atoms with Crippen molar-refractivity contribution >= 4 is 21.6 Å². The SMILES string of the molecule is COc1c(C)cc(S(=O)(=O)N(C)Cc2ccc(Cl)cc2)cc1C. The number of hydrogen-bond acceptors (Lipinski definition) is 3. The Kier molecular flexibility index (Phi) is 5.34. The molecule has 0 radical (unpaired) electrons. The van der Waals surface area contributed by atoms with E-state index >= 15 is 0 Å². The molecule has 2 aromatic carbocycles. The van der Waals surface area contributed by atoms with E-state index in [0.717, 1.165) is 16.7 Å². The molecule has 0 fully saturated rings. The number of sulfonamides is 1. The highest BCUT2D eigenvalue weighted by Gasteiger charge is 2.22. The van der Waals surface area contributed by atoms with E-state index in [1.54, 1.807) is 38.4 Å². The summed E-state index contributed by atoms with van der Waals surface area (Å²) in [5.74, 6) is 0.712. The van der Waals surface area contributed by atoms with E-state index in [4.69, 9.17) is 16.3 Å². The highest BCUT2D eigenvalue weighted by Crippen LogP contribution is 2.28. The summed E-state index contributed by atoms with van der Waals surface area (Å²) in [6.07, 6.45) is 0. The molecule has 0 aliphatic heterocycles. The van der Waals surface area contributed by atoms with E-state index < -0.39 is 10.0 Å². The first-order chi connectivity index (χ1) is 10.8. The lowest BCUT2D eigenvalue weighted by atomic mass is 10.1. The molecule has 0 atom stereocenters. The second-order valence-electron chi connectivity index (χ2n) is 5.48. The Bertz CT molecular complexity index is 778. The maximum atomic E-state index is 12.8. The minimum atomic E-state index is -3.57. The van der Waals surface area contributed by atoms with Crippen LogP contribution in [0, 0.1) is 13.8 Å². The molecule has 0 heterocycles. The lowest BCUT2D eigenvalue weighted by Crippen LogP contribution is -2.26. The number of ether oxygens (including phenoxy) is 1. The fraction of sp³-hybridized carbons (Fsp3) is 0.294. The van der Waals surface area contributed by atoms with Gasteiger partial charge in [-0.1, -0.05) is 23.7 Å². The zero-order valence-corrected chi connectivity index (χ0v) is 15.2. The zero-order valence-electron chi connectivity index (χ0n) is 13.6. The number of halogens is 1. The van der Waals surface area contributed by atoms with Crippen molar-refractivity contribution in [1.82, 2.24) is 4.31 Å². The average Bonchev–Trinajstić information content (AvgIpc) is 2.49. The topological polar surface area (TPSA) is 46.6 Å². The summed E-state index contributed by atoms with van der Waals surface area (Å²) in [5.41, 5.74) is 2.47. The number of rotatable bonds is 5. The molecule has 0 aromatic heterocycles. The van der Waals surface area contributed by atoms with E-state index in [1.165, 1.54) is 4.31 Å². The number of aryl methyl sites for hydroxylation is 2. The summed E-state index contributed by atoms with van der Waals surface area (Å²) in [4.78, 5) is 0.268. The summed E-state index contributed by atoms with van der Waals surface area (Å²) < 4.78 is 32.2. The minimum Gasteiger partial charge on any atom is -0.496 e. The van der Waals surface area contributed by atoms with Crippen LogP contribution >= 0.6 is 11.6 Å². The van der Waals surface area contributed by atoms with Crippen molar-refractivity contribution in [2.45, 2.75) is 25.3 Å². The first kappa shape index (κ1) is 17.8. The molecule has 0 saturated heterocycles. The van der Waals surface area contributed by atoms with Gasteiger partial charge in [0.05, 0.1) is 12.0 Å². The van der Waals surface area contributed by atoms with Gasteiger partial charge in [-0.3, -0.25) is 0 Å². The van der Waals surface area contributed by atoms with Gasteiger partial charge < -0.3 is 4.74 Å². The van der Waals surface area contributed by atoms with Crippen molar-refractivity contribution in [3.05, 3.63) is 58.1 Å². The van der Waals surface area contributed by atoms with Gasteiger partial charge in [0.15, 0.2) is 0 Å². The van der Waals surface area contributed by atoms with Crippen molar-refractivity contribution in [1.29, 1.82) is 0 Å². The Balaban J connectivity index is 2.32. The van der Waals surface area contributed by atoms with Crippen LogP contribution in [0.4, 0.5) is 0 Å². The summed E-state index contributed by atoms with van der Waals surface area (Å²) in [5, 5.41) is 0.626. The van der Waals surface area contributed by atoms with E-state index in [0.29, 0.717) is 10.8 Å². The number of methoxy groups -OCH3 is 1. The average molecular weight is 354 g/mol. The van der Waals surface area contributed by atoms with E-state index in [-0.39, 0.29) is 11.4 Å². The smallest absolute Gasteiger partial charge is 0.243 e. The van der Waals surface area contributed by atoms with Gasteiger partial charge in [0.1, 0.15) is 5.75 Å². The van der Waals surface area contributed by atoms with E-state index in [2.05, 4.69) is 0 Å². The maximum absolute atomic E-state index is 12.8. The van der Waals surface area contributed by atoms with Crippen LogP contribution in [0.25, 0.3) is 0 Å². The molecule has 0 spiro atoms. The van der Waals surface area contributed by atoms with Gasteiger partial charge in [-0.05, 0) is 54.8 Å². The largest absolute Gasteiger partial charge is 0.496 e. The number of benzene rings is 2. The maximum Gasteiger partial charge on any atom is 0.243 e. The summed E-state index contributed by atoms with van der Waals surface area (Å²) in [6.45, 7) is 3.96. The fourth-order valence-corrected chi connectivity index (χ4v) is 3.95. The third-order valence-electron chi connectivity index (χ3n) is 3.66. The van der Waals surface area contributed by atoms with Crippen LogP contribution in [0.1, 0.15) is 16.7 Å². The van der Waals surface area contributed by atoms with Crippen LogP contribution in [-0.4, -0.2) is 26.9 Å². The summed E-state index contributed by atoms with van der Waals surface area (Å²) in [7, 11) is -0.425. The normalized spacial score (nSPS) is 11.7. The summed E-state index contributed by atoms with van der Waals surface area (Å²) in [6, 6.07) is 10.4. The van der Waals surface area contributed by atoms with Crippen molar-refractivity contribution in [3.8, 4) is 5.75 Å². The van der Waals surface area contributed by atoms with Gasteiger partial charge in [-0.25, -0.2) is 8.42 Å². The van der Waals surface area contributed by atoms with Crippen LogP contribution in [-0.2, 0) is 16.6 Å². The Labute approximate surface area is 142 Å². The quantitative estimate of drug-likeness (QED) is 0.821. The van der Waals surface area contributed by atoms with Crippen molar-refractivity contribution in [3.63, 3.8) is 0 Å².